The van der Waals surface area contributed by atoms with Crippen LogP contribution in [0.2, 0.25) is 0 Å². The van der Waals surface area contributed by atoms with E-state index in [4.69, 9.17) is 5.11 Å². The van der Waals surface area contributed by atoms with Crippen molar-refractivity contribution in [2.24, 2.45) is 0 Å². The summed E-state index contributed by atoms with van der Waals surface area (Å²) in [5.41, 5.74) is -4.46. The van der Waals surface area contributed by atoms with Crippen molar-refractivity contribution < 1.29 is 23.1 Å². The second-order valence-corrected chi connectivity index (χ2v) is 3.07. The van der Waals surface area contributed by atoms with E-state index >= 15 is 0 Å². The van der Waals surface area contributed by atoms with Crippen molar-refractivity contribution >= 4 is 17.7 Å². The molecule has 0 heterocycles. The van der Waals surface area contributed by atoms with Crippen LogP contribution in [-0.4, -0.2) is 21.8 Å². The molecule has 0 bridgehead atoms. The first-order valence-electron chi connectivity index (χ1n) is 2.84. The van der Waals surface area contributed by atoms with E-state index in [2.05, 4.69) is 0 Å². The predicted octanol–water partition coefficient (Wildman–Crippen LogP) is 2.10. The second-order valence-electron chi connectivity index (χ2n) is 1.80. The standard InChI is InChI=1S/C5H7F3O2S/c1-2-3(4(9)10)11-5(6,7)8/h3H,2H2,1H3,(H,9,10). The van der Waals surface area contributed by atoms with Crippen LogP contribution in [0.3, 0.4) is 0 Å². The Hall–Kier alpha value is -0.390. The normalized spacial score (nSPS) is 14.5. The zero-order chi connectivity index (χ0) is 9.07. The summed E-state index contributed by atoms with van der Waals surface area (Å²) in [5.74, 6) is -1.42. The molecule has 1 atom stereocenters. The third kappa shape index (κ3) is 4.94. The maximum atomic E-state index is 11.6. The molecule has 2 nitrogen and oxygen atoms in total. The number of rotatable bonds is 3. The molecular weight excluding hydrogens is 181 g/mol. The van der Waals surface area contributed by atoms with E-state index < -0.39 is 28.5 Å². The first-order valence-corrected chi connectivity index (χ1v) is 3.72. The number of thioether (sulfide) groups is 1. The number of carboxylic acids is 1. The van der Waals surface area contributed by atoms with Gasteiger partial charge in [-0.1, -0.05) is 6.92 Å². The number of halogens is 3. The first kappa shape index (κ1) is 10.6. The lowest BCUT2D eigenvalue weighted by Crippen LogP contribution is -2.20. The summed E-state index contributed by atoms with van der Waals surface area (Å²) in [6.45, 7) is 1.40. The fourth-order valence-electron chi connectivity index (χ4n) is 0.470. The summed E-state index contributed by atoms with van der Waals surface area (Å²) in [6.07, 6.45) is -0.0283. The van der Waals surface area contributed by atoms with E-state index in [9.17, 15) is 18.0 Å². The van der Waals surface area contributed by atoms with Gasteiger partial charge in [-0.15, -0.1) is 0 Å². The van der Waals surface area contributed by atoms with Crippen LogP contribution in [0.4, 0.5) is 13.2 Å². The number of carbonyl (C=O) groups is 1. The maximum Gasteiger partial charge on any atom is 0.442 e. The molecule has 6 heteroatoms. The lowest BCUT2D eigenvalue weighted by atomic mass is 10.3. The van der Waals surface area contributed by atoms with Crippen molar-refractivity contribution in [1.29, 1.82) is 0 Å². The minimum Gasteiger partial charge on any atom is -0.480 e. The van der Waals surface area contributed by atoms with E-state index in [0.717, 1.165) is 0 Å². The number of aliphatic carboxylic acids is 1. The van der Waals surface area contributed by atoms with Crippen molar-refractivity contribution in [2.75, 3.05) is 0 Å². The van der Waals surface area contributed by atoms with Crippen molar-refractivity contribution in [3.8, 4) is 0 Å². The van der Waals surface area contributed by atoms with Gasteiger partial charge in [-0.05, 0) is 18.2 Å². The summed E-state index contributed by atoms with van der Waals surface area (Å²) in [5, 5.41) is 6.84. The molecule has 0 radical (unpaired) electrons. The molecule has 0 aliphatic carbocycles. The number of hydrogen-bond acceptors (Lipinski definition) is 2. The number of hydrogen-bond donors (Lipinski definition) is 1. The van der Waals surface area contributed by atoms with E-state index in [1.54, 1.807) is 0 Å². The van der Waals surface area contributed by atoms with Gasteiger partial charge in [0.05, 0.1) is 0 Å². The summed E-state index contributed by atoms with van der Waals surface area (Å²) >= 11 is -0.490. The highest BCUT2D eigenvalue weighted by molar-refractivity contribution is 8.01. The van der Waals surface area contributed by atoms with Gasteiger partial charge in [-0.3, -0.25) is 4.79 Å². The third-order valence-corrected chi connectivity index (χ3v) is 2.01. The Kier molecular flexibility index (Phi) is 3.71. The van der Waals surface area contributed by atoms with Crippen LogP contribution in [0.25, 0.3) is 0 Å². The molecule has 11 heavy (non-hydrogen) atoms. The molecule has 0 amide bonds. The molecule has 0 saturated heterocycles. The van der Waals surface area contributed by atoms with E-state index in [-0.39, 0.29) is 6.42 Å². The van der Waals surface area contributed by atoms with Gasteiger partial charge >= 0.3 is 11.5 Å². The van der Waals surface area contributed by atoms with Gasteiger partial charge in [-0.2, -0.15) is 13.2 Å². The van der Waals surface area contributed by atoms with Gasteiger partial charge in [0.15, 0.2) is 0 Å². The lowest BCUT2D eigenvalue weighted by Gasteiger charge is -2.10. The van der Waals surface area contributed by atoms with Crippen molar-refractivity contribution in [2.45, 2.75) is 24.1 Å². The lowest BCUT2D eigenvalue weighted by molar-refractivity contribution is -0.136. The average Bonchev–Trinajstić information content (AvgIpc) is 1.80. The zero-order valence-corrected chi connectivity index (χ0v) is 6.50. The van der Waals surface area contributed by atoms with Gasteiger partial charge in [0.25, 0.3) is 0 Å². The first-order chi connectivity index (χ1) is 4.87. The monoisotopic (exact) mass is 188 g/mol. The van der Waals surface area contributed by atoms with Gasteiger partial charge in [0.2, 0.25) is 0 Å². The second kappa shape index (κ2) is 3.85. The van der Waals surface area contributed by atoms with Crippen LogP contribution in [0.15, 0.2) is 0 Å². The number of alkyl halides is 3. The fourth-order valence-corrected chi connectivity index (χ4v) is 1.06. The van der Waals surface area contributed by atoms with Crippen LogP contribution in [0.1, 0.15) is 13.3 Å². The summed E-state index contributed by atoms with van der Waals surface area (Å²) in [6, 6.07) is 0. The molecule has 0 aliphatic heterocycles. The Labute approximate surface area is 65.8 Å². The van der Waals surface area contributed by atoms with Gasteiger partial charge < -0.3 is 5.11 Å². The molecular formula is C5H7F3O2S. The average molecular weight is 188 g/mol. The SMILES string of the molecule is CCC(SC(F)(F)F)C(=O)O. The molecule has 1 unspecified atom stereocenters. The molecule has 66 valence electrons. The Balaban J connectivity index is 3.99. The van der Waals surface area contributed by atoms with Crippen LogP contribution in [0.5, 0.6) is 0 Å². The summed E-state index contributed by atoms with van der Waals surface area (Å²) in [4.78, 5) is 10.1. The van der Waals surface area contributed by atoms with Gasteiger partial charge in [0, 0.05) is 0 Å². The molecule has 0 aromatic heterocycles. The summed E-state index contributed by atoms with van der Waals surface area (Å²) in [7, 11) is 0. The number of carboxylic acid groups (broad SMARTS) is 1. The Morgan fingerprint density at radius 2 is 2.09 bits per heavy atom. The molecule has 0 aliphatic rings. The smallest absolute Gasteiger partial charge is 0.442 e. The molecule has 0 spiro atoms. The Bertz CT molecular complexity index is 145. The van der Waals surface area contributed by atoms with Crippen LogP contribution < -0.4 is 0 Å². The van der Waals surface area contributed by atoms with Gasteiger partial charge in [-0.25, -0.2) is 0 Å². The quantitative estimate of drug-likeness (QED) is 0.736. The predicted molar refractivity (Wildman–Crippen MR) is 35.4 cm³/mol. The fraction of sp³-hybridized carbons (Fsp3) is 0.800. The minimum atomic E-state index is -4.46. The molecule has 0 saturated carbocycles. The largest absolute Gasteiger partial charge is 0.480 e. The molecule has 0 fully saturated rings. The van der Waals surface area contributed by atoms with Crippen LogP contribution in [0, 0.1) is 0 Å². The highest BCUT2D eigenvalue weighted by Crippen LogP contribution is 2.35. The Morgan fingerprint density at radius 1 is 1.64 bits per heavy atom. The molecule has 0 aromatic rings. The topological polar surface area (TPSA) is 37.3 Å². The van der Waals surface area contributed by atoms with Crippen molar-refractivity contribution in [1.82, 2.24) is 0 Å². The zero-order valence-electron chi connectivity index (χ0n) is 5.68. The highest BCUT2D eigenvalue weighted by atomic mass is 32.2. The van der Waals surface area contributed by atoms with Crippen LogP contribution >= 0.6 is 11.8 Å². The highest BCUT2D eigenvalue weighted by Gasteiger charge is 2.35. The van der Waals surface area contributed by atoms with Crippen LogP contribution in [-0.2, 0) is 4.79 Å². The van der Waals surface area contributed by atoms with Gasteiger partial charge in [0.1, 0.15) is 5.25 Å². The molecule has 0 aromatic carbocycles. The van der Waals surface area contributed by atoms with E-state index in [1.165, 1.54) is 6.92 Å². The minimum absolute atomic E-state index is 0.0283. The third-order valence-electron chi connectivity index (χ3n) is 0.922. The molecule has 0 rings (SSSR count). The van der Waals surface area contributed by atoms with E-state index in [1.807, 2.05) is 0 Å². The Morgan fingerprint density at radius 3 is 2.18 bits per heavy atom. The maximum absolute atomic E-state index is 11.6. The van der Waals surface area contributed by atoms with Crippen molar-refractivity contribution in [3.63, 3.8) is 0 Å². The molecule has 1 N–H and O–H groups in total. The summed E-state index contributed by atoms with van der Waals surface area (Å²) < 4.78 is 34.7. The van der Waals surface area contributed by atoms with Crippen molar-refractivity contribution in [3.05, 3.63) is 0 Å². The van der Waals surface area contributed by atoms with E-state index in [0.29, 0.717) is 0 Å².